The number of hydrogen-bond donors (Lipinski definition) is 3. The van der Waals surface area contributed by atoms with Crippen molar-refractivity contribution < 1.29 is 5.11 Å². The molecule has 66 valence electrons. The number of nitrogen functional groups attached to an aromatic ring is 1. The van der Waals surface area contributed by atoms with Crippen LogP contribution >= 0.6 is 0 Å². The molecule has 1 rings (SSSR count). The number of aromatic nitrogens is 1. The summed E-state index contributed by atoms with van der Waals surface area (Å²) in [6.45, 7) is 1.60. The Morgan fingerprint density at radius 1 is 1.58 bits per heavy atom. The molecule has 5 N–H and O–H groups in total. The maximum Gasteiger partial charge on any atom is 0.0651 e. The van der Waals surface area contributed by atoms with Crippen molar-refractivity contribution in [3.05, 3.63) is 24.0 Å². The lowest BCUT2D eigenvalue weighted by molar-refractivity contribution is 0.210. The number of pyridine rings is 1. The molecule has 0 amide bonds. The summed E-state index contributed by atoms with van der Waals surface area (Å²) in [5.41, 5.74) is 11.8. The van der Waals surface area contributed by atoms with E-state index in [0.717, 1.165) is 5.56 Å². The van der Waals surface area contributed by atoms with Crippen LogP contribution in [0.25, 0.3) is 0 Å². The molecule has 0 saturated carbocycles. The summed E-state index contributed by atoms with van der Waals surface area (Å²) in [7, 11) is 0. The van der Waals surface area contributed by atoms with Crippen molar-refractivity contribution in [2.75, 3.05) is 12.3 Å². The van der Waals surface area contributed by atoms with E-state index < -0.39 is 5.54 Å². The summed E-state index contributed by atoms with van der Waals surface area (Å²) in [4.78, 5) is 3.88. The smallest absolute Gasteiger partial charge is 0.0651 e. The topological polar surface area (TPSA) is 85.2 Å². The maximum atomic E-state index is 8.94. The van der Waals surface area contributed by atoms with Crippen molar-refractivity contribution in [2.24, 2.45) is 5.73 Å². The number of aliphatic hydroxyl groups is 1. The van der Waals surface area contributed by atoms with Crippen LogP contribution in [0.1, 0.15) is 12.5 Å². The molecular weight excluding hydrogens is 154 g/mol. The zero-order valence-electron chi connectivity index (χ0n) is 6.99. The third-order valence-electron chi connectivity index (χ3n) is 1.75. The average Bonchev–Trinajstić information content (AvgIpc) is 2.05. The molecule has 0 saturated heterocycles. The third kappa shape index (κ3) is 1.72. The Kier molecular flexibility index (Phi) is 2.30. The minimum Gasteiger partial charge on any atom is -0.397 e. The summed E-state index contributed by atoms with van der Waals surface area (Å²) in [5, 5.41) is 8.94. The first-order valence-electron chi connectivity index (χ1n) is 3.67. The molecule has 0 aliphatic rings. The van der Waals surface area contributed by atoms with Gasteiger partial charge in [-0.25, -0.2) is 0 Å². The summed E-state index contributed by atoms with van der Waals surface area (Å²) in [6.07, 6.45) is 3.14. The van der Waals surface area contributed by atoms with Crippen LogP contribution < -0.4 is 11.5 Å². The number of nitrogens with zero attached hydrogens (tertiary/aromatic N) is 1. The molecule has 1 aromatic rings. The monoisotopic (exact) mass is 167 g/mol. The van der Waals surface area contributed by atoms with Gasteiger partial charge in [0.1, 0.15) is 0 Å². The van der Waals surface area contributed by atoms with Crippen LogP contribution in [0.4, 0.5) is 5.69 Å². The van der Waals surface area contributed by atoms with E-state index >= 15 is 0 Å². The van der Waals surface area contributed by atoms with Gasteiger partial charge in [0.05, 0.1) is 17.8 Å². The van der Waals surface area contributed by atoms with Gasteiger partial charge >= 0.3 is 0 Å². The fourth-order valence-electron chi connectivity index (χ4n) is 0.861. The number of nitrogens with two attached hydrogens (primary N) is 2. The molecule has 0 radical (unpaired) electrons. The molecule has 1 atom stereocenters. The van der Waals surface area contributed by atoms with E-state index in [1.807, 2.05) is 0 Å². The van der Waals surface area contributed by atoms with Crippen molar-refractivity contribution in [1.82, 2.24) is 4.98 Å². The maximum absolute atomic E-state index is 8.94. The number of anilines is 1. The minimum absolute atomic E-state index is 0.127. The summed E-state index contributed by atoms with van der Waals surface area (Å²) in [5.74, 6) is 0. The highest BCUT2D eigenvalue weighted by molar-refractivity contribution is 5.39. The van der Waals surface area contributed by atoms with Gasteiger partial charge < -0.3 is 16.6 Å². The minimum atomic E-state index is -0.762. The van der Waals surface area contributed by atoms with Crippen LogP contribution in [-0.2, 0) is 5.54 Å². The third-order valence-corrected chi connectivity index (χ3v) is 1.75. The van der Waals surface area contributed by atoms with Crippen LogP contribution in [0.2, 0.25) is 0 Å². The van der Waals surface area contributed by atoms with E-state index in [0.29, 0.717) is 5.69 Å². The van der Waals surface area contributed by atoms with Gasteiger partial charge in [0.15, 0.2) is 0 Å². The first-order valence-corrected chi connectivity index (χ1v) is 3.67. The van der Waals surface area contributed by atoms with Gasteiger partial charge in [0.2, 0.25) is 0 Å². The molecule has 0 spiro atoms. The lowest BCUT2D eigenvalue weighted by Crippen LogP contribution is -2.37. The van der Waals surface area contributed by atoms with Crippen molar-refractivity contribution in [2.45, 2.75) is 12.5 Å². The molecule has 4 heteroatoms. The molecule has 12 heavy (non-hydrogen) atoms. The van der Waals surface area contributed by atoms with E-state index in [1.54, 1.807) is 19.2 Å². The van der Waals surface area contributed by atoms with E-state index in [-0.39, 0.29) is 6.61 Å². The number of aliphatic hydroxyl groups excluding tert-OH is 1. The Morgan fingerprint density at radius 3 is 2.75 bits per heavy atom. The second-order valence-corrected chi connectivity index (χ2v) is 3.08. The van der Waals surface area contributed by atoms with Gasteiger partial charge in [0.25, 0.3) is 0 Å². The van der Waals surface area contributed by atoms with Gasteiger partial charge in [-0.1, -0.05) is 0 Å². The standard InChI is InChI=1S/C8H13N3O/c1-8(10,5-12)6-2-7(9)4-11-3-6/h2-4,12H,5,9-10H2,1H3/t8-/m0/s1. The highest BCUT2D eigenvalue weighted by Crippen LogP contribution is 2.17. The molecule has 0 unspecified atom stereocenters. The normalized spacial score (nSPS) is 15.6. The zero-order valence-corrected chi connectivity index (χ0v) is 6.99. The Balaban J connectivity index is 3.03. The predicted octanol–water partition coefficient (Wildman–Crippen LogP) is -0.170. The van der Waals surface area contributed by atoms with E-state index in [9.17, 15) is 0 Å². The second kappa shape index (κ2) is 3.08. The second-order valence-electron chi connectivity index (χ2n) is 3.08. The number of rotatable bonds is 2. The lowest BCUT2D eigenvalue weighted by Gasteiger charge is -2.21. The highest BCUT2D eigenvalue weighted by Gasteiger charge is 2.19. The van der Waals surface area contributed by atoms with E-state index in [2.05, 4.69) is 4.98 Å². The largest absolute Gasteiger partial charge is 0.397 e. The van der Waals surface area contributed by atoms with Crippen LogP contribution in [-0.4, -0.2) is 16.7 Å². The quantitative estimate of drug-likeness (QED) is 0.571. The summed E-state index contributed by atoms with van der Waals surface area (Å²) in [6, 6.07) is 1.71. The fourth-order valence-corrected chi connectivity index (χ4v) is 0.861. The molecule has 1 aromatic heterocycles. The predicted molar refractivity (Wildman–Crippen MR) is 47.3 cm³/mol. The lowest BCUT2D eigenvalue weighted by atomic mass is 9.96. The average molecular weight is 167 g/mol. The fraction of sp³-hybridized carbons (Fsp3) is 0.375. The Bertz CT molecular complexity index is 273. The Hall–Kier alpha value is -1.13. The Morgan fingerprint density at radius 2 is 2.25 bits per heavy atom. The SMILES string of the molecule is C[C@](N)(CO)c1cncc(N)c1. The number of hydrogen-bond acceptors (Lipinski definition) is 4. The molecule has 4 nitrogen and oxygen atoms in total. The van der Waals surface area contributed by atoms with Crippen LogP contribution in [0.15, 0.2) is 18.5 Å². The van der Waals surface area contributed by atoms with Crippen molar-refractivity contribution in [1.29, 1.82) is 0 Å². The van der Waals surface area contributed by atoms with Crippen LogP contribution in [0.3, 0.4) is 0 Å². The molecule has 0 aliphatic heterocycles. The van der Waals surface area contributed by atoms with Gasteiger partial charge in [0, 0.05) is 12.4 Å². The van der Waals surface area contributed by atoms with Crippen molar-refractivity contribution in [3.63, 3.8) is 0 Å². The van der Waals surface area contributed by atoms with Crippen molar-refractivity contribution in [3.8, 4) is 0 Å². The molecular formula is C8H13N3O. The molecule has 0 aliphatic carbocycles. The summed E-state index contributed by atoms with van der Waals surface area (Å²) < 4.78 is 0. The first-order chi connectivity index (χ1) is 5.56. The highest BCUT2D eigenvalue weighted by atomic mass is 16.3. The molecule has 0 fully saturated rings. The molecule has 0 bridgehead atoms. The first kappa shape index (κ1) is 8.96. The van der Waals surface area contributed by atoms with E-state index in [1.165, 1.54) is 6.20 Å². The van der Waals surface area contributed by atoms with Crippen LogP contribution in [0, 0.1) is 0 Å². The van der Waals surface area contributed by atoms with Gasteiger partial charge in [-0.15, -0.1) is 0 Å². The van der Waals surface area contributed by atoms with Gasteiger partial charge in [-0.05, 0) is 18.6 Å². The van der Waals surface area contributed by atoms with Crippen LogP contribution in [0.5, 0.6) is 0 Å². The molecule has 0 aromatic carbocycles. The van der Waals surface area contributed by atoms with E-state index in [4.69, 9.17) is 16.6 Å². The molecule has 1 heterocycles. The zero-order chi connectivity index (χ0) is 9.19. The summed E-state index contributed by atoms with van der Waals surface area (Å²) >= 11 is 0. The van der Waals surface area contributed by atoms with Gasteiger partial charge in [-0.3, -0.25) is 4.98 Å². The van der Waals surface area contributed by atoms with Crippen molar-refractivity contribution >= 4 is 5.69 Å². The Labute approximate surface area is 71.2 Å². The van der Waals surface area contributed by atoms with Gasteiger partial charge in [-0.2, -0.15) is 0 Å².